The molecule has 0 fully saturated rings. The van der Waals surface area contributed by atoms with Gasteiger partial charge < -0.3 is 41.5 Å². The fourth-order valence-corrected chi connectivity index (χ4v) is 0. The van der Waals surface area contributed by atoms with Crippen molar-refractivity contribution in [2.45, 2.75) is 0 Å². The summed E-state index contributed by atoms with van der Waals surface area (Å²) in [5, 5.41) is 0. The molecule has 5 heavy (non-hydrogen) atoms. The molecule has 0 amide bonds. The maximum Gasteiger partial charge on any atom is 3.00 e. The summed E-state index contributed by atoms with van der Waals surface area (Å²) in [5.74, 6) is 0. The number of halogens is 3. The van der Waals surface area contributed by atoms with E-state index in [4.69, 9.17) is 0 Å². The van der Waals surface area contributed by atoms with E-state index in [-0.39, 0.29) is 76.2 Å². The minimum Gasteiger partial charge on any atom is -1.00 e. The second-order valence-corrected chi connectivity index (χ2v) is 0. The third-order valence-corrected chi connectivity index (χ3v) is 0. The molecule has 0 rings (SSSR count). The summed E-state index contributed by atoms with van der Waals surface area (Å²) in [7, 11) is 0. The Morgan fingerprint density at radius 2 is 0.600 bits per heavy atom. The third-order valence-electron chi connectivity index (χ3n) is 0. The van der Waals surface area contributed by atoms with E-state index in [0.717, 1.165) is 0 Å². The van der Waals surface area contributed by atoms with Crippen molar-refractivity contribution in [1.29, 1.82) is 0 Å². The Bertz CT molecular complexity index is 12.5. The predicted molar refractivity (Wildman–Crippen MR) is 14.8 cm³/mol. The molecule has 0 spiro atoms. The summed E-state index contributed by atoms with van der Waals surface area (Å²) in [6, 6.07) is 0. The molecular weight excluding hydrogens is 160 g/mol. The van der Waals surface area contributed by atoms with Gasteiger partial charge in [0.2, 0.25) is 0 Å². The molecule has 0 unspecified atom stereocenters. The molecular formula is H3Al2Cl3. The molecule has 0 N–H and O–H groups in total. The molecule has 0 aliphatic carbocycles. The van der Waals surface area contributed by atoms with Crippen LogP contribution in [0, 0.1) is 0 Å². The summed E-state index contributed by atoms with van der Waals surface area (Å²) in [6.45, 7) is 0. The normalized spacial score (nSPS) is 0. The van der Waals surface area contributed by atoms with Gasteiger partial charge >= 0.3 is 34.7 Å². The third kappa shape index (κ3) is 24.5. The zero-order valence-electron chi connectivity index (χ0n) is 5.29. The van der Waals surface area contributed by atoms with E-state index in [1.165, 1.54) is 0 Å². The zero-order chi connectivity index (χ0) is 0. The van der Waals surface area contributed by atoms with Gasteiger partial charge in [-0.05, 0) is 0 Å². The Hall–Kier alpha value is 1.93. The summed E-state index contributed by atoms with van der Waals surface area (Å²) >= 11 is 0. The molecule has 0 aromatic rings. The molecule has 0 aliphatic rings. The van der Waals surface area contributed by atoms with E-state index in [9.17, 15) is 0 Å². The van der Waals surface area contributed by atoms with Gasteiger partial charge in [0, 0.05) is 0 Å². The summed E-state index contributed by atoms with van der Waals surface area (Å²) in [6.07, 6.45) is 0. The average molecular weight is 163 g/mol. The fourth-order valence-electron chi connectivity index (χ4n) is 0. The van der Waals surface area contributed by atoms with Gasteiger partial charge in [0.25, 0.3) is 0 Å². The van der Waals surface area contributed by atoms with E-state index in [1.54, 1.807) is 0 Å². The van der Waals surface area contributed by atoms with Crippen molar-refractivity contribution < 1.29 is 41.5 Å². The summed E-state index contributed by atoms with van der Waals surface area (Å²) in [5.41, 5.74) is 0. The first-order valence-corrected chi connectivity index (χ1v) is 0. The van der Waals surface area contributed by atoms with Gasteiger partial charge in [-0.3, -0.25) is 0 Å². The Kier molecular flexibility index (Phi) is 504. The predicted octanol–water partition coefficient (Wildman–Crippen LogP) is -9.41. The van der Waals surface area contributed by atoms with Crippen molar-refractivity contribution in [1.82, 2.24) is 0 Å². The van der Waals surface area contributed by atoms with Gasteiger partial charge in [0.05, 0.1) is 0 Å². The molecule has 0 atom stereocenters. The number of hydrogen-bond acceptors (Lipinski definition) is 0. The van der Waals surface area contributed by atoms with Crippen molar-refractivity contribution in [3.8, 4) is 0 Å². The van der Waals surface area contributed by atoms with Crippen LogP contribution in [0.25, 0.3) is 0 Å². The van der Waals surface area contributed by atoms with Gasteiger partial charge in [-0.15, -0.1) is 0 Å². The van der Waals surface area contributed by atoms with Crippen LogP contribution < -0.4 is 37.2 Å². The van der Waals surface area contributed by atoms with Crippen LogP contribution in [0.2, 0.25) is 0 Å². The van der Waals surface area contributed by atoms with E-state index in [0.29, 0.717) is 0 Å². The fraction of sp³-hybridized carbons (Fsp3) is 0. The largest absolute Gasteiger partial charge is 3.00 e. The number of hydrogen-bond donors (Lipinski definition) is 0. The van der Waals surface area contributed by atoms with Crippen LogP contribution in [0.1, 0.15) is 4.28 Å². The second-order valence-electron chi connectivity index (χ2n) is 0. The van der Waals surface area contributed by atoms with Crippen molar-refractivity contribution in [3.05, 3.63) is 0 Å². The minimum atomic E-state index is 0. The van der Waals surface area contributed by atoms with Gasteiger partial charge in [-0.1, -0.05) is 0 Å². The van der Waals surface area contributed by atoms with Gasteiger partial charge in [0.1, 0.15) is 0 Å². The standard InChI is InChI=1S/2Al.3ClH.3H/h;;3*1H;;;/q2*+3;;;;3*-1/p-3. The smallest absolute Gasteiger partial charge is 1.00 e. The Morgan fingerprint density at radius 3 is 0.600 bits per heavy atom. The van der Waals surface area contributed by atoms with Crippen molar-refractivity contribution in [2.75, 3.05) is 0 Å². The monoisotopic (exact) mass is 162 g/mol. The van der Waals surface area contributed by atoms with E-state index >= 15 is 0 Å². The Labute approximate surface area is 76.0 Å². The molecule has 0 aromatic carbocycles. The van der Waals surface area contributed by atoms with Gasteiger partial charge in [-0.2, -0.15) is 0 Å². The maximum atomic E-state index is 0. The molecule has 0 radical (unpaired) electrons. The van der Waals surface area contributed by atoms with Crippen molar-refractivity contribution in [2.24, 2.45) is 0 Å². The van der Waals surface area contributed by atoms with Crippen molar-refractivity contribution in [3.63, 3.8) is 0 Å². The molecule has 0 saturated carbocycles. The van der Waals surface area contributed by atoms with Crippen LogP contribution >= 0.6 is 0 Å². The SMILES string of the molecule is [Al+3].[Al+3].[Cl-].[Cl-].[Cl-].[H-].[H-].[H-]. The molecule has 0 heterocycles. The van der Waals surface area contributed by atoms with Crippen LogP contribution in [-0.4, -0.2) is 34.7 Å². The molecule has 0 bridgehead atoms. The molecule has 0 aromatic heterocycles. The van der Waals surface area contributed by atoms with Crippen LogP contribution in [0.4, 0.5) is 0 Å². The average Bonchev–Trinajstić information content (AvgIpc) is 0. The van der Waals surface area contributed by atoms with E-state index < -0.39 is 0 Å². The van der Waals surface area contributed by atoms with E-state index in [2.05, 4.69) is 0 Å². The van der Waals surface area contributed by atoms with Crippen molar-refractivity contribution >= 4 is 34.7 Å². The maximum absolute atomic E-state index is 0. The van der Waals surface area contributed by atoms with E-state index in [1.807, 2.05) is 0 Å². The Morgan fingerprint density at radius 1 is 0.600 bits per heavy atom. The van der Waals surface area contributed by atoms with Gasteiger partial charge in [-0.25, -0.2) is 0 Å². The molecule has 0 saturated heterocycles. The summed E-state index contributed by atoms with van der Waals surface area (Å²) < 4.78 is 0. The molecule has 5 heteroatoms. The van der Waals surface area contributed by atoms with Crippen LogP contribution in [-0.2, 0) is 0 Å². The van der Waals surface area contributed by atoms with Crippen LogP contribution in [0.15, 0.2) is 0 Å². The minimum absolute atomic E-state index is 0. The molecule has 0 aliphatic heterocycles. The summed E-state index contributed by atoms with van der Waals surface area (Å²) in [4.78, 5) is 0. The first-order chi connectivity index (χ1) is 0. The molecule has 30 valence electrons. The zero-order valence-corrected chi connectivity index (χ0v) is 6.87. The topological polar surface area (TPSA) is 0 Å². The van der Waals surface area contributed by atoms with Crippen LogP contribution in [0.3, 0.4) is 0 Å². The first kappa shape index (κ1) is 65.2. The first-order valence-electron chi connectivity index (χ1n) is 0. The molecule has 0 nitrogen and oxygen atoms in total. The second kappa shape index (κ2) is 38.6. The Balaban J connectivity index is 0. The van der Waals surface area contributed by atoms with Gasteiger partial charge in [0.15, 0.2) is 0 Å². The van der Waals surface area contributed by atoms with Crippen LogP contribution in [0.5, 0.6) is 0 Å². The quantitative estimate of drug-likeness (QED) is 0.311. The number of rotatable bonds is 0.